The van der Waals surface area contributed by atoms with E-state index in [2.05, 4.69) is 12.2 Å². The van der Waals surface area contributed by atoms with Crippen LogP contribution in [0, 0.1) is 11.7 Å². The summed E-state index contributed by atoms with van der Waals surface area (Å²) in [6, 6.07) is 4.65. The molecule has 0 amide bonds. The summed E-state index contributed by atoms with van der Waals surface area (Å²) in [5, 5.41) is 13.5. The normalized spacial score (nSPS) is 26.8. The molecule has 1 aromatic rings. The lowest BCUT2D eigenvalue weighted by Gasteiger charge is -2.32. The lowest BCUT2D eigenvalue weighted by molar-refractivity contribution is 0.0982. The van der Waals surface area contributed by atoms with E-state index in [9.17, 15) is 9.50 Å². The van der Waals surface area contributed by atoms with Gasteiger partial charge in [0.1, 0.15) is 5.82 Å². The van der Waals surface area contributed by atoms with Crippen LogP contribution < -0.4 is 5.32 Å². The van der Waals surface area contributed by atoms with Crippen molar-refractivity contribution in [1.82, 2.24) is 5.32 Å². The standard InChI is InChI=1S/C13H17ClFNO/c1-8-5-6-16-11(7-8)13(17)9-3-2-4-10(14)12(9)15/h2-4,8,11,13,16-17H,5-7H2,1H3. The van der Waals surface area contributed by atoms with Crippen molar-refractivity contribution in [1.29, 1.82) is 0 Å². The van der Waals surface area contributed by atoms with Crippen LogP contribution in [0.25, 0.3) is 0 Å². The van der Waals surface area contributed by atoms with E-state index in [1.165, 1.54) is 6.07 Å². The molecule has 94 valence electrons. The Morgan fingerprint density at radius 3 is 3.00 bits per heavy atom. The van der Waals surface area contributed by atoms with Crippen molar-refractivity contribution in [3.8, 4) is 0 Å². The zero-order valence-corrected chi connectivity index (χ0v) is 10.5. The summed E-state index contributed by atoms with van der Waals surface area (Å²) in [7, 11) is 0. The molecule has 0 spiro atoms. The predicted molar refractivity (Wildman–Crippen MR) is 66.6 cm³/mol. The molecule has 0 bridgehead atoms. The Morgan fingerprint density at radius 1 is 1.53 bits per heavy atom. The summed E-state index contributed by atoms with van der Waals surface area (Å²) < 4.78 is 13.8. The molecule has 1 heterocycles. The largest absolute Gasteiger partial charge is 0.387 e. The smallest absolute Gasteiger partial charge is 0.147 e. The third-order valence-corrected chi connectivity index (χ3v) is 3.67. The molecule has 0 aliphatic carbocycles. The number of nitrogens with one attached hydrogen (secondary N) is 1. The zero-order valence-electron chi connectivity index (χ0n) is 9.79. The summed E-state index contributed by atoms with van der Waals surface area (Å²) in [5.41, 5.74) is 0.282. The van der Waals surface area contributed by atoms with Crippen LogP contribution in [0.4, 0.5) is 4.39 Å². The maximum Gasteiger partial charge on any atom is 0.147 e. The number of hydrogen-bond donors (Lipinski definition) is 2. The zero-order chi connectivity index (χ0) is 12.4. The molecular formula is C13H17ClFNO. The second-order valence-corrected chi connectivity index (χ2v) is 5.19. The van der Waals surface area contributed by atoms with Gasteiger partial charge >= 0.3 is 0 Å². The van der Waals surface area contributed by atoms with E-state index in [4.69, 9.17) is 11.6 Å². The van der Waals surface area contributed by atoms with Crippen molar-refractivity contribution in [2.45, 2.75) is 31.9 Å². The molecule has 17 heavy (non-hydrogen) atoms. The van der Waals surface area contributed by atoms with Crippen LogP contribution in [-0.4, -0.2) is 17.7 Å². The summed E-state index contributed by atoms with van der Waals surface area (Å²) in [5.74, 6) is 0.0415. The van der Waals surface area contributed by atoms with Crippen LogP contribution in [0.2, 0.25) is 5.02 Å². The first-order chi connectivity index (χ1) is 8.09. The van der Waals surface area contributed by atoms with Gasteiger partial charge in [-0.3, -0.25) is 0 Å². The Balaban J connectivity index is 2.18. The minimum absolute atomic E-state index is 0.0606. The molecule has 0 radical (unpaired) electrons. The van der Waals surface area contributed by atoms with Gasteiger partial charge in [-0.15, -0.1) is 0 Å². The van der Waals surface area contributed by atoms with Gasteiger partial charge in [-0.2, -0.15) is 0 Å². The summed E-state index contributed by atoms with van der Waals surface area (Å²) in [6.45, 7) is 3.01. The van der Waals surface area contributed by atoms with Gasteiger partial charge in [-0.05, 0) is 31.4 Å². The van der Waals surface area contributed by atoms with Crippen LogP contribution >= 0.6 is 11.6 Å². The molecule has 1 saturated heterocycles. The Kier molecular flexibility index (Phi) is 4.02. The molecule has 2 rings (SSSR count). The first-order valence-corrected chi connectivity index (χ1v) is 6.32. The highest BCUT2D eigenvalue weighted by Gasteiger charge is 2.28. The molecule has 1 aromatic carbocycles. The fourth-order valence-corrected chi connectivity index (χ4v) is 2.54. The minimum Gasteiger partial charge on any atom is -0.387 e. The summed E-state index contributed by atoms with van der Waals surface area (Å²) >= 11 is 5.72. The first kappa shape index (κ1) is 12.8. The maximum atomic E-state index is 13.8. The van der Waals surface area contributed by atoms with Crippen LogP contribution in [0.5, 0.6) is 0 Å². The quantitative estimate of drug-likeness (QED) is 0.854. The minimum atomic E-state index is -0.837. The highest BCUT2D eigenvalue weighted by atomic mass is 35.5. The highest BCUT2D eigenvalue weighted by molar-refractivity contribution is 6.30. The molecule has 3 unspecified atom stereocenters. The van der Waals surface area contributed by atoms with Gasteiger partial charge in [0, 0.05) is 11.6 Å². The van der Waals surface area contributed by atoms with Crippen molar-refractivity contribution in [2.75, 3.05) is 6.54 Å². The van der Waals surface area contributed by atoms with E-state index in [1.54, 1.807) is 12.1 Å². The van der Waals surface area contributed by atoms with E-state index in [1.807, 2.05) is 0 Å². The monoisotopic (exact) mass is 257 g/mol. The number of rotatable bonds is 2. The lowest BCUT2D eigenvalue weighted by Crippen LogP contribution is -2.41. The number of benzene rings is 1. The van der Waals surface area contributed by atoms with Crippen molar-refractivity contribution >= 4 is 11.6 Å². The molecule has 2 nitrogen and oxygen atoms in total. The Bertz CT molecular complexity index is 399. The van der Waals surface area contributed by atoms with Crippen LogP contribution in [0.15, 0.2) is 18.2 Å². The molecule has 2 N–H and O–H groups in total. The van der Waals surface area contributed by atoms with E-state index < -0.39 is 11.9 Å². The lowest BCUT2D eigenvalue weighted by atomic mass is 9.88. The molecule has 0 aromatic heterocycles. The van der Waals surface area contributed by atoms with Crippen molar-refractivity contribution < 1.29 is 9.50 Å². The number of halogens is 2. The third-order valence-electron chi connectivity index (χ3n) is 3.38. The number of hydrogen-bond acceptors (Lipinski definition) is 2. The summed E-state index contributed by atoms with van der Waals surface area (Å²) in [4.78, 5) is 0. The van der Waals surface area contributed by atoms with Gasteiger partial charge in [-0.25, -0.2) is 4.39 Å². The number of aliphatic hydroxyl groups excluding tert-OH is 1. The average Bonchev–Trinajstić information content (AvgIpc) is 2.32. The van der Waals surface area contributed by atoms with Gasteiger partial charge in [0.05, 0.1) is 11.1 Å². The maximum absolute atomic E-state index is 13.8. The molecule has 1 fully saturated rings. The molecule has 3 atom stereocenters. The second-order valence-electron chi connectivity index (χ2n) is 4.78. The van der Waals surface area contributed by atoms with Gasteiger partial charge in [0.25, 0.3) is 0 Å². The van der Waals surface area contributed by atoms with Crippen molar-refractivity contribution in [3.63, 3.8) is 0 Å². The fourth-order valence-electron chi connectivity index (χ4n) is 2.36. The average molecular weight is 258 g/mol. The van der Waals surface area contributed by atoms with Gasteiger partial charge < -0.3 is 10.4 Å². The van der Waals surface area contributed by atoms with E-state index >= 15 is 0 Å². The van der Waals surface area contributed by atoms with Gasteiger partial charge in [0.2, 0.25) is 0 Å². The third kappa shape index (κ3) is 2.79. The van der Waals surface area contributed by atoms with E-state index in [-0.39, 0.29) is 16.6 Å². The van der Waals surface area contributed by atoms with Crippen LogP contribution in [-0.2, 0) is 0 Å². The first-order valence-electron chi connectivity index (χ1n) is 5.95. The fraction of sp³-hybridized carbons (Fsp3) is 0.538. The molecule has 0 saturated carbocycles. The molecule has 1 aliphatic rings. The van der Waals surface area contributed by atoms with E-state index in [0.29, 0.717) is 5.92 Å². The second kappa shape index (κ2) is 5.34. The Hall–Kier alpha value is -0.640. The molecular weight excluding hydrogens is 241 g/mol. The molecule has 1 aliphatic heterocycles. The highest BCUT2D eigenvalue weighted by Crippen LogP contribution is 2.29. The SMILES string of the molecule is CC1CCNC(C(O)c2cccc(Cl)c2F)C1. The Labute approximate surface area is 106 Å². The topological polar surface area (TPSA) is 32.3 Å². The Morgan fingerprint density at radius 2 is 2.29 bits per heavy atom. The predicted octanol–water partition coefficient (Wildman–Crippen LogP) is 2.90. The van der Waals surface area contributed by atoms with Crippen LogP contribution in [0.3, 0.4) is 0 Å². The summed E-state index contributed by atoms with van der Waals surface area (Å²) in [6.07, 6.45) is 1.12. The van der Waals surface area contributed by atoms with E-state index in [0.717, 1.165) is 19.4 Å². The number of piperidine rings is 1. The van der Waals surface area contributed by atoms with Crippen molar-refractivity contribution in [2.24, 2.45) is 5.92 Å². The molecule has 4 heteroatoms. The van der Waals surface area contributed by atoms with Crippen molar-refractivity contribution in [3.05, 3.63) is 34.6 Å². The van der Waals surface area contributed by atoms with Gasteiger partial charge in [0.15, 0.2) is 0 Å². The van der Waals surface area contributed by atoms with Crippen LogP contribution in [0.1, 0.15) is 31.4 Å². The van der Waals surface area contributed by atoms with Gasteiger partial charge in [-0.1, -0.05) is 30.7 Å². The number of aliphatic hydroxyl groups is 1.